The maximum atomic E-state index is 13.2. The number of rotatable bonds is 8. The molecule has 3 heterocycles. The summed E-state index contributed by atoms with van der Waals surface area (Å²) in [5.74, 6) is 1.00. The lowest BCUT2D eigenvalue weighted by molar-refractivity contribution is -0.143. The van der Waals surface area contributed by atoms with E-state index in [0.717, 1.165) is 29.1 Å². The molecule has 10 nitrogen and oxygen atoms in total. The quantitative estimate of drug-likeness (QED) is 0.445. The highest BCUT2D eigenvalue weighted by Crippen LogP contribution is 2.27. The fraction of sp³-hybridized carbons (Fsp3) is 0.478. The van der Waals surface area contributed by atoms with Gasteiger partial charge in [0.05, 0.1) is 11.5 Å². The molecule has 1 aromatic carbocycles. The Morgan fingerprint density at radius 1 is 1.09 bits per heavy atom. The molecule has 1 saturated heterocycles. The van der Waals surface area contributed by atoms with Crippen LogP contribution in [0.15, 0.2) is 35.5 Å². The first-order chi connectivity index (χ1) is 16.3. The van der Waals surface area contributed by atoms with Gasteiger partial charge in [-0.1, -0.05) is 19.1 Å². The zero-order chi connectivity index (χ0) is 24.3. The Balaban J connectivity index is 1.57. The highest BCUT2D eigenvalue weighted by molar-refractivity contribution is 7.89. The fourth-order valence-electron chi connectivity index (χ4n) is 4.23. The average Bonchev–Trinajstić information content (AvgIpc) is 3.30. The second-order valence-electron chi connectivity index (χ2n) is 8.16. The van der Waals surface area contributed by atoms with Gasteiger partial charge in [0.2, 0.25) is 10.0 Å². The molecule has 11 heteroatoms. The van der Waals surface area contributed by atoms with E-state index in [1.807, 2.05) is 26.0 Å². The number of anilines is 1. The predicted octanol–water partition coefficient (Wildman–Crippen LogP) is 2.00. The largest absolute Gasteiger partial charge is 0.466 e. The van der Waals surface area contributed by atoms with Gasteiger partial charge in [0.15, 0.2) is 0 Å². The molecule has 2 aromatic heterocycles. The van der Waals surface area contributed by atoms with Crippen molar-refractivity contribution in [1.82, 2.24) is 23.9 Å². The van der Waals surface area contributed by atoms with E-state index in [9.17, 15) is 13.2 Å². The van der Waals surface area contributed by atoms with E-state index < -0.39 is 10.0 Å². The van der Waals surface area contributed by atoms with Crippen LogP contribution in [0.3, 0.4) is 0 Å². The van der Waals surface area contributed by atoms with Crippen LogP contribution in [0, 0.1) is 6.92 Å². The second kappa shape index (κ2) is 10.1. The zero-order valence-corrected chi connectivity index (χ0v) is 20.6. The van der Waals surface area contributed by atoms with Gasteiger partial charge in [-0.25, -0.2) is 13.4 Å². The monoisotopic (exact) mass is 486 g/mol. The summed E-state index contributed by atoms with van der Waals surface area (Å²) in [4.78, 5) is 23.2. The van der Waals surface area contributed by atoms with E-state index in [-0.39, 0.29) is 12.4 Å². The van der Waals surface area contributed by atoms with E-state index >= 15 is 0 Å². The third kappa shape index (κ3) is 4.76. The minimum Gasteiger partial charge on any atom is -0.466 e. The third-order valence-corrected chi connectivity index (χ3v) is 8.01. The predicted molar refractivity (Wildman–Crippen MR) is 127 cm³/mol. The number of benzene rings is 1. The molecule has 0 radical (unpaired) electrons. The van der Waals surface area contributed by atoms with Crippen molar-refractivity contribution in [2.45, 2.75) is 44.9 Å². The molecule has 4 rings (SSSR count). The van der Waals surface area contributed by atoms with Gasteiger partial charge in [-0.2, -0.15) is 18.9 Å². The number of hydrogen-bond acceptors (Lipinski definition) is 8. The van der Waals surface area contributed by atoms with E-state index in [4.69, 9.17) is 4.74 Å². The summed E-state index contributed by atoms with van der Waals surface area (Å²) in [6, 6.07) is 7.08. The lowest BCUT2D eigenvalue weighted by Crippen LogP contribution is -2.49. The summed E-state index contributed by atoms with van der Waals surface area (Å²) in [7, 11) is -3.57. The maximum Gasteiger partial charge on any atom is 0.306 e. The van der Waals surface area contributed by atoms with Crippen LogP contribution in [-0.2, 0) is 32.4 Å². The van der Waals surface area contributed by atoms with Crippen LogP contribution >= 0.6 is 0 Å². The molecule has 0 N–H and O–H groups in total. The first-order valence-corrected chi connectivity index (χ1v) is 13.0. The number of ether oxygens (including phenoxy) is 1. The van der Waals surface area contributed by atoms with Crippen LogP contribution in [0.5, 0.6) is 0 Å². The summed E-state index contributed by atoms with van der Waals surface area (Å²) in [6.45, 7) is 7.69. The number of carbonyl (C=O) groups is 1. The first kappa shape index (κ1) is 24.1. The highest BCUT2D eigenvalue weighted by Gasteiger charge is 2.31. The molecule has 0 atom stereocenters. The van der Waals surface area contributed by atoms with Gasteiger partial charge in [0, 0.05) is 43.9 Å². The second-order valence-corrected chi connectivity index (χ2v) is 10.1. The fourth-order valence-corrected chi connectivity index (χ4v) is 5.65. The van der Waals surface area contributed by atoms with Gasteiger partial charge >= 0.3 is 5.97 Å². The standard InChI is InChI=1S/C23H30N6O4S/c1-4-18-6-8-19(9-7-18)34(31,32)28-14-12-27(13-15-28)22-20(10-11-21(30)33-5-2)17(3)26-23-24-16-25-29(22)23/h6-9,16H,4-5,10-15H2,1-3H3. The lowest BCUT2D eigenvalue weighted by atomic mass is 10.1. The van der Waals surface area contributed by atoms with Crippen LogP contribution in [0.1, 0.15) is 37.1 Å². The lowest BCUT2D eigenvalue weighted by Gasteiger charge is -2.36. The maximum absolute atomic E-state index is 13.2. The van der Waals surface area contributed by atoms with Crippen LogP contribution < -0.4 is 4.90 Å². The van der Waals surface area contributed by atoms with Gasteiger partial charge in [0.25, 0.3) is 5.78 Å². The number of nitrogens with zero attached hydrogens (tertiary/aromatic N) is 6. The Kier molecular flexibility index (Phi) is 7.13. The number of hydrogen-bond donors (Lipinski definition) is 0. The molecule has 1 aliphatic rings. The van der Waals surface area contributed by atoms with Crippen LogP contribution in [-0.4, -0.2) is 71.1 Å². The Morgan fingerprint density at radius 3 is 2.44 bits per heavy atom. The van der Waals surface area contributed by atoms with E-state index in [1.54, 1.807) is 23.6 Å². The molecule has 0 amide bonds. The van der Waals surface area contributed by atoms with Crippen molar-refractivity contribution < 1.29 is 17.9 Å². The number of esters is 1. The van der Waals surface area contributed by atoms with Gasteiger partial charge in [-0.15, -0.1) is 0 Å². The summed E-state index contributed by atoms with van der Waals surface area (Å²) in [6.07, 6.45) is 2.98. The SMILES string of the molecule is CCOC(=O)CCc1c(C)nc2ncnn2c1N1CCN(S(=O)(=O)c2ccc(CC)cc2)CC1. The number of carbonyl (C=O) groups excluding carboxylic acids is 1. The molecule has 0 aliphatic carbocycles. The van der Waals surface area contributed by atoms with Crippen molar-refractivity contribution in [1.29, 1.82) is 0 Å². The Hall–Kier alpha value is -3.05. The molecule has 0 unspecified atom stereocenters. The smallest absolute Gasteiger partial charge is 0.306 e. The van der Waals surface area contributed by atoms with Crippen LogP contribution in [0.25, 0.3) is 5.78 Å². The minimum atomic E-state index is -3.57. The van der Waals surface area contributed by atoms with E-state index in [2.05, 4.69) is 20.0 Å². The van der Waals surface area contributed by atoms with Gasteiger partial charge in [-0.3, -0.25) is 4.79 Å². The molecule has 0 saturated carbocycles. The molecule has 1 fully saturated rings. The molecule has 182 valence electrons. The zero-order valence-electron chi connectivity index (χ0n) is 19.8. The van der Waals surface area contributed by atoms with Crippen LogP contribution in [0.4, 0.5) is 5.82 Å². The van der Waals surface area contributed by atoms with Crippen molar-refractivity contribution in [3.8, 4) is 0 Å². The Bertz CT molecular complexity index is 1260. The summed E-state index contributed by atoms with van der Waals surface area (Å²) < 4.78 is 34.6. The molecule has 0 spiro atoms. The molecular formula is C23H30N6O4S. The highest BCUT2D eigenvalue weighted by atomic mass is 32.2. The number of aryl methyl sites for hydroxylation is 2. The summed E-state index contributed by atoms with van der Waals surface area (Å²) in [5, 5.41) is 4.34. The van der Waals surface area contributed by atoms with Gasteiger partial charge in [0.1, 0.15) is 12.1 Å². The average molecular weight is 487 g/mol. The summed E-state index contributed by atoms with van der Waals surface area (Å²) in [5.41, 5.74) is 2.76. The van der Waals surface area contributed by atoms with Crippen LogP contribution in [0.2, 0.25) is 0 Å². The van der Waals surface area contributed by atoms with Crippen molar-refractivity contribution in [2.24, 2.45) is 0 Å². The molecule has 3 aromatic rings. The molecular weight excluding hydrogens is 456 g/mol. The Labute approximate surface area is 199 Å². The van der Waals surface area contributed by atoms with Crippen molar-refractivity contribution >= 4 is 27.6 Å². The number of fused-ring (bicyclic) bond motifs is 1. The van der Waals surface area contributed by atoms with Crippen molar-refractivity contribution in [2.75, 3.05) is 37.7 Å². The number of piperazine rings is 1. The third-order valence-electron chi connectivity index (χ3n) is 6.10. The normalized spacial score (nSPS) is 15.1. The first-order valence-electron chi connectivity index (χ1n) is 11.5. The molecule has 0 bridgehead atoms. The molecule has 1 aliphatic heterocycles. The van der Waals surface area contributed by atoms with Gasteiger partial charge in [-0.05, 0) is 44.4 Å². The van der Waals surface area contributed by atoms with Crippen molar-refractivity contribution in [3.05, 3.63) is 47.4 Å². The van der Waals surface area contributed by atoms with E-state index in [0.29, 0.717) is 49.9 Å². The number of aromatic nitrogens is 4. The Morgan fingerprint density at radius 2 is 1.79 bits per heavy atom. The van der Waals surface area contributed by atoms with Crippen molar-refractivity contribution in [3.63, 3.8) is 0 Å². The number of sulfonamides is 1. The topological polar surface area (TPSA) is 110 Å². The van der Waals surface area contributed by atoms with E-state index in [1.165, 1.54) is 10.6 Å². The summed E-state index contributed by atoms with van der Waals surface area (Å²) >= 11 is 0. The minimum absolute atomic E-state index is 0.228. The van der Waals surface area contributed by atoms with Gasteiger partial charge < -0.3 is 9.64 Å². The molecule has 34 heavy (non-hydrogen) atoms.